The fraction of sp³-hybridized carbons (Fsp3) is 0.458. The smallest absolute Gasteiger partial charge is 0.459 e. The number of rotatable bonds is 13. The van der Waals surface area contributed by atoms with Gasteiger partial charge in [-0.05, 0) is 31.9 Å². The number of carbonyl (C=O) groups excluding carboxylic acids is 1. The van der Waals surface area contributed by atoms with Crippen LogP contribution in [0.3, 0.4) is 0 Å². The number of nitrogens with two attached hydrogens (primary N) is 1. The lowest BCUT2D eigenvalue weighted by molar-refractivity contribution is -0.143. The normalized spacial score (nSPS) is 21.1. The van der Waals surface area contributed by atoms with E-state index in [1.165, 1.54) is 30.2 Å². The van der Waals surface area contributed by atoms with Gasteiger partial charge in [-0.25, -0.2) is 19.5 Å². The Morgan fingerprint density at radius 3 is 2.83 bits per heavy atom. The third kappa shape index (κ3) is 6.92. The molecule has 1 saturated heterocycles. The molecule has 2 unspecified atom stereocenters. The second-order valence-corrected chi connectivity index (χ2v) is 10.7. The number of carbonyl (C=O) groups is 2. The Morgan fingerprint density at radius 2 is 2.08 bits per heavy atom. The van der Waals surface area contributed by atoms with Gasteiger partial charge in [0.1, 0.15) is 29.7 Å². The van der Waals surface area contributed by atoms with Gasteiger partial charge in [-0.15, -0.1) is 0 Å². The molecule has 1 aromatic carbocycles. The quantitative estimate of drug-likeness (QED) is 0.168. The van der Waals surface area contributed by atoms with E-state index in [2.05, 4.69) is 20.0 Å². The van der Waals surface area contributed by atoms with Crippen LogP contribution in [0.5, 0.6) is 5.75 Å². The van der Waals surface area contributed by atoms with Crippen LogP contribution in [0.2, 0.25) is 0 Å². The molecule has 15 nitrogen and oxygen atoms in total. The number of carboxylic acids is 1. The minimum absolute atomic E-state index is 0.0625. The summed E-state index contributed by atoms with van der Waals surface area (Å²) in [6.45, 7) is 2.93. The Morgan fingerprint density at radius 1 is 1.30 bits per heavy atom. The number of imidazole rings is 1. The number of fused-ring (bicyclic) bond motifs is 1. The van der Waals surface area contributed by atoms with Crippen molar-refractivity contribution in [3.05, 3.63) is 42.5 Å². The molecule has 0 amide bonds. The van der Waals surface area contributed by atoms with Gasteiger partial charge in [0.25, 0.3) is 0 Å². The molecule has 2 aromatic heterocycles. The van der Waals surface area contributed by atoms with Gasteiger partial charge in [0.15, 0.2) is 17.7 Å². The highest BCUT2D eigenvalue weighted by Crippen LogP contribution is 2.47. The number of aliphatic hydroxyl groups is 1. The van der Waals surface area contributed by atoms with E-state index in [9.17, 15) is 24.4 Å². The molecule has 0 radical (unpaired) electrons. The van der Waals surface area contributed by atoms with E-state index >= 15 is 0 Å². The Hall–Kier alpha value is -3.62. The van der Waals surface area contributed by atoms with Crippen molar-refractivity contribution in [2.45, 2.75) is 57.6 Å². The summed E-state index contributed by atoms with van der Waals surface area (Å²) in [5.41, 5.74) is 7.10. The molecule has 0 bridgehead atoms. The van der Waals surface area contributed by atoms with Crippen LogP contribution in [0, 0.1) is 0 Å². The average Bonchev–Trinajstić information content (AvgIpc) is 3.51. The van der Waals surface area contributed by atoms with Crippen LogP contribution in [-0.2, 0) is 34.6 Å². The lowest BCUT2D eigenvalue weighted by Gasteiger charge is -2.24. The molecule has 1 aliphatic rings. The van der Waals surface area contributed by atoms with Crippen LogP contribution in [0.15, 0.2) is 36.9 Å². The summed E-state index contributed by atoms with van der Waals surface area (Å²) < 4.78 is 37.6. The first-order valence-electron chi connectivity index (χ1n) is 12.5. The molecule has 16 heteroatoms. The van der Waals surface area contributed by atoms with E-state index in [0.29, 0.717) is 16.7 Å². The number of aliphatic carboxylic acids is 1. The largest absolute Gasteiger partial charge is 0.480 e. The number of esters is 1. The first kappa shape index (κ1) is 29.4. The molecule has 0 spiro atoms. The highest BCUT2D eigenvalue weighted by Gasteiger charge is 2.39. The summed E-state index contributed by atoms with van der Waals surface area (Å²) in [6, 6.07) is 5.29. The number of hydrogen-bond donors (Lipinski definition) is 4. The van der Waals surface area contributed by atoms with Gasteiger partial charge in [-0.2, -0.15) is 5.09 Å². The van der Waals surface area contributed by atoms with Crippen molar-refractivity contribution in [1.82, 2.24) is 24.6 Å². The third-order valence-corrected chi connectivity index (χ3v) is 7.70. The van der Waals surface area contributed by atoms with Crippen LogP contribution in [0.1, 0.15) is 38.5 Å². The number of hydrogen-bond acceptors (Lipinski definition) is 12. The van der Waals surface area contributed by atoms with Crippen molar-refractivity contribution in [2.75, 3.05) is 18.9 Å². The average molecular weight is 579 g/mol. The van der Waals surface area contributed by atoms with Crippen molar-refractivity contribution in [1.29, 1.82) is 0 Å². The monoisotopic (exact) mass is 578 g/mol. The molecule has 3 heterocycles. The maximum Gasteiger partial charge on any atom is 0.459 e. The van der Waals surface area contributed by atoms with Gasteiger partial charge < -0.3 is 29.9 Å². The number of benzene rings is 1. The molecule has 216 valence electrons. The van der Waals surface area contributed by atoms with Gasteiger partial charge in [0, 0.05) is 12.8 Å². The van der Waals surface area contributed by atoms with E-state index in [-0.39, 0.29) is 44.0 Å². The number of aromatic nitrogens is 4. The molecule has 1 fully saturated rings. The summed E-state index contributed by atoms with van der Waals surface area (Å²) in [5, 5.41) is 22.5. The molecular formula is C24H31N6O9P. The number of para-hydroxylation sites is 1. The SMILES string of the molecule is CCOC(=O)CCc1ccccc1OP(=O)(NC(C)C(=O)O)OC[C@@H]1C[C@@H](O)[C@H](n2cnc3c(N)ncnc32)O1. The first-order valence-corrected chi connectivity index (χ1v) is 14.1. The lowest BCUT2D eigenvalue weighted by atomic mass is 10.1. The topological polar surface area (TPSA) is 210 Å². The molecular weight excluding hydrogens is 547 g/mol. The summed E-state index contributed by atoms with van der Waals surface area (Å²) >= 11 is 0. The number of nitrogen functional groups attached to an aromatic ring is 1. The number of nitrogens with zero attached hydrogens (tertiary/aromatic N) is 4. The molecule has 5 atom stereocenters. The fourth-order valence-corrected chi connectivity index (χ4v) is 5.67. The molecule has 5 N–H and O–H groups in total. The van der Waals surface area contributed by atoms with E-state index in [1.54, 1.807) is 25.1 Å². The fourth-order valence-electron chi connectivity index (χ4n) is 4.11. The molecule has 0 aliphatic carbocycles. The van der Waals surface area contributed by atoms with Gasteiger partial charge in [-0.3, -0.25) is 18.7 Å². The predicted octanol–water partition coefficient (Wildman–Crippen LogP) is 1.82. The van der Waals surface area contributed by atoms with E-state index in [1.807, 2.05) is 0 Å². The number of aliphatic hydroxyl groups excluding tert-OH is 1. The van der Waals surface area contributed by atoms with Crippen molar-refractivity contribution in [2.24, 2.45) is 0 Å². The molecule has 4 rings (SSSR count). The summed E-state index contributed by atoms with van der Waals surface area (Å²) in [6.07, 6.45) is 0.475. The zero-order valence-electron chi connectivity index (χ0n) is 21.9. The Bertz CT molecular complexity index is 1400. The van der Waals surface area contributed by atoms with Crippen molar-refractivity contribution >= 4 is 36.7 Å². The van der Waals surface area contributed by atoms with E-state index < -0.39 is 44.2 Å². The van der Waals surface area contributed by atoms with Gasteiger partial charge in [0.05, 0.1) is 25.6 Å². The summed E-state index contributed by atoms with van der Waals surface area (Å²) in [5.74, 6) is -1.35. The third-order valence-electron chi connectivity index (χ3n) is 6.07. The van der Waals surface area contributed by atoms with Crippen molar-refractivity contribution < 1.29 is 42.9 Å². The standard InChI is InChI=1S/C24H31N6O9P/c1-3-36-19(32)9-8-15-6-4-5-7-18(15)39-40(35,29-14(2)24(33)34)37-11-16-10-17(31)23(38-16)30-13-28-20-21(25)26-12-27-22(20)30/h4-7,12-14,16-17,23,31H,3,8-11H2,1-2H3,(H,29,35)(H,33,34)(H2,25,26,27)/t14?,16-,17+,23+,40?/m0/s1. The summed E-state index contributed by atoms with van der Waals surface area (Å²) in [4.78, 5) is 35.6. The van der Waals surface area contributed by atoms with Crippen LogP contribution in [-0.4, -0.2) is 73.1 Å². The lowest BCUT2D eigenvalue weighted by Crippen LogP contribution is -2.34. The number of anilines is 1. The Kier molecular flexibility index (Phi) is 9.32. The van der Waals surface area contributed by atoms with E-state index in [0.717, 1.165) is 0 Å². The van der Waals surface area contributed by atoms with Crippen LogP contribution < -0.4 is 15.3 Å². The molecule has 3 aromatic rings. The van der Waals surface area contributed by atoms with Crippen molar-refractivity contribution in [3.8, 4) is 5.75 Å². The molecule has 1 aliphatic heterocycles. The second-order valence-electron chi connectivity index (χ2n) is 9.02. The van der Waals surface area contributed by atoms with E-state index in [4.69, 9.17) is 24.3 Å². The Balaban J connectivity index is 1.48. The maximum atomic E-state index is 13.8. The van der Waals surface area contributed by atoms with Crippen LogP contribution in [0.4, 0.5) is 5.82 Å². The van der Waals surface area contributed by atoms with Gasteiger partial charge in [0.2, 0.25) is 0 Å². The van der Waals surface area contributed by atoms with Gasteiger partial charge in [-0.1, -0.05) is 18.2 Å². The molecule has 40 heavy (non-hydrogen) atoms. The zero-order valence-corrected chi connectivity index (χ0v) is 22.8. The Labute approximate surface area is 229 Å². The minimum Gasteiger partial charge on any atom is -0.480 e. The summed E-state index contributed by atoms with van der Waals surface area (Å²) in [7, 11) is -4.30. The zero-order chi connectivity index (χ0) is 28.9. The van der Waals surface area contributed by atoms with Crippen LogP contribution >= 0.6 is 7.75 Å². The molecule has 0 saturated carbocycles. The van der Waals surface area contributed by atoms with Gasteiger partial charge >= 0.3 is 19.7 Å². The maximum absolute atomic E-state index is 13.8. The predicted molar refractivity (Wildman–Crippen MR) is 140 cm³/mol. The number of nitrogens with one attached hydrogen (secondary N) is 1. The highest BCUT2D eigenvalue weighted by atomic mass is 31.2. The van der Waals surface area contributed by atoms with Crippen LogP contribution in [0.25, 0.3) is 11.2 Å². The second kappa shape index (κ2) is 12.7. The number of ether oxygens (including phenoxy) is 2. The number of aryl methyl sites for hydroxylation is 1. The first-order chi connectivity index (χ1) is 19.1. The van der Waals surface area contributed by atoms with Crippen molar-refractivity contribution in [3.63, 3.8) is 0 Å². The minimum atomic E-state index is -4.30. The highest BCUT2D eigenvalue weighted by molar-refractivity contribution is 7.52. The number of carboxylic acid groups (broad SMARTS) is 1.